The Morgan fingerprint density at radius 2 is 1.95 bits per heavy atom. The molecule has 19 heavy (non-hydrogen) atoms. The second-order valence-electron chi connectivity index (χ2n) is 3.74. The molecule has 0 aliphatic carbocycles. The molecule has 98 valence electrons. The van der Waals surface area contributed by atoms with Gasteiger partial charge in [-0.3, -0.25) is 9.59 Å². The van der Waals surface area contributed by atoms with Gasteiger partial charge in [0.15, 0.2) is 10.2 Å². The molecule has 0 bridgehead atoms. The van der Waals surface area contributed by atoms with Gasteiger partial charge in [-0.15, -0.1) is 11.3 Å². The molecule has 0 spiro atoms. The summed E-state index contributed by atoms with van der Waals surface area (Å²) in [4.78, 5) is 28.3. The van der Waals surface area contributed by atoms with Crippen molar-refractivity contribution >= 4 is 40.6 Å². The van der Waals surface area contributed by atoms with Crippen LogP contribution in [0.15, 0.2) is 34.7 Å². The molecule has 0 atom stereocenters. The van der Waals surface area contributed by atoms with Crippen molar-refractivity contribution in [2.24, 2.45) is 0 Å². The van der Waals surface area contributed by atoms with Crippen molar-refractivity contribution < 1.29 is 9.59 Å². The van der Waals surface area contributed by atoms with Gasteiger partial charge in [-0.05, 0) is 6.26 Å². The number of nitrogens with zero attached hydrogens (tertiary/aromatic N) is 1. The van der Waals surface area contributed by atoms with Gasteiger partial charge in [-0.1, -0.05) is 42.1 Å². The third kappa shape index (κ3) is 3.21. The van der Waals surface area contributed by atoms with Crippen molar-refractivity contribution in [3.63, 3.8) is 0 Å². The highest BCUT2D eigenvalue weighted by atomic mass is 32.2. The molecule has 0 saturated heterocycles. The van der Waals surface area contributed by atoms with Crippen LogP contribution in [-0.2, 0) is 4.79 Å². The first-order valence-electron chi connectivity index (χ1n) is 5.54. The van der Waals surface area contributed by atoms with Crippen LogP contribution in [0.2, 0.25) is 0 Å². The van der Waals surface area contributed by atoms with Gasteiger partial charge in [0.05, 0.1) is 0 Å². The molecule has 4 nitrogen and oxygen atoms in total. The number of carbonyl (C=O) groups is 2. The Balaban J connectivity index is 2.40. The lowest BCUT2D eigenvalue weighted by Gasteiger charge is -2.01. The highest BCUT2D eigenvalue weighted by Gasteiger charge is 2.19. The number of thiazole rings is 1. The SMILES string of the molecule is CSc1nc(NC(C)=O)c(C(=O)c2ccccc2)s1. The van der Waals surface area contributed by atoms with E-state index in [0.717, 1.165) is 4.34 Å². The molecule has 0 fully saturated rings. The Labute approximate surface area is 119 Å². The summed E-state index contributed by atoms with van der Waals surface area (Å²) in [6.07, 6.45) is 1.88. The van der Waals surface area contributed by atoms with E-state index in [9.17, 15) is 9.59 Å². The maximum atomic E-state index is 12.4. The summed E-state index contributed by atoms with van der Waals surface area (Å²) in [5.74, 6) is -0.0158. The number of thioether (sulfide) groups is 1. The predicted octanol–water partition coefficient (Wildman–Crippen LogP) is 3.05. The first-order chi connectivity index (χ1) is 9.11. The quantitative estimate of drug-likeness (QED) is 0.695. The molecule has 0 unspecified atom stereocenters. The average Bonchev–Trinajstić information content (AvgIpc) is 2.81. The minimum atomic E-state index is -0.236. The van der Waals surface area contributed by atoms with Gasteiger partial charge in [-0.2, -0.15) is 0 Å². The van der Waals surface area contributed by atoms with Gasteiger partial charge in [0.1, 0.15) is 4.88 Å². The van der Waals surface area contributed by atoms with Crippen LogP contribution in [-0.4, -0.2) is 22.9 Å². The van der Waals surface area contributed by atoms with Crippen LogP contribution < -0.4 is 5.32 Å². The molecular weight excluding hydrogens is 280 g/mol. The van der Waals surface area contributed by atoms with Crippen LogP contribution in [0, 0.1) is 0 Å². The number of rotatable bonds is 4. The number of aromatic nitrogens is 1. The van der Waals surface area contributed by atoms with Crippen LogP contribution in [0.25, 0.3) is 0 Å². The smallest absolute Gasteiger partial charge is 0.222 e. The molecule has 1 N–H and O–H groups in total. The van der Waals surface area contributed by atoms with Crippen LogP contribution in [0.4, 0.5) is 5.82 Å². The van der Waals surface area contributed by atoms with Crippen LogP contribution >= 0.6 is 23.1 Å². The van der Waals surface area contributed by atoms with Crippen LogP contribution in [0.3, 0.4) is 0 Å². The van der Waals surface area contributed by atoms with Crippen molar-refractivity contribution in [1.29, 1.82) is 0 Å². The van der Waals surface area contributed by atoms with Gasteiger partial charge in [0.25, 0.3) is 0 Å². The zero-order chi connectivity index (χ0) is 13.8. The van der Waals surface area contributed by atoms with Crippen molar-refractivity contribution in [1.82, 2.24) is 4.98 Å². The molecule has 6 heteroatoms. The fourth-order valence-corrected chi connectivity index (χ4v) is 3.00. The van der Waals surface area contributed by atoms with Crippen molar-refractivity contribution in [2.45, 2.75) is 11.3 Å². The Morgan fingerprint density at radius 3 is 2.53 bits per heavy atom. The van der Waals surface area contributed by atoms with Gasteiger partial charge < -0.3 is 5.32 Å². The number of nitrogens with one attached hydrogen (secondary N) is 1. The van der Waals surface area contributed by atoms with E-state index in [2.05, 4.69) is 10.3 Å². The average molecular weight is 292 g/mol. The van der Waals surface area contributed by atoms with E-state index >= 15 is 0 Å². The van der Waals surface area contributed by atoms with E-state index in [-0.39, 0.29) is 11.7 Å². The van der Waals surface area contributed by atoms with Crippen molar-refractivity contribution in [2.75, 3.05) is 11.6 Å². The first kappa shape index (κ1) is 13.8. The Morgan fingerprint density at radius 1 is 1.26 bits per heavy atom. The van der Waals surface area contributed by atoms with E-state index in [1.165, 1.54) is 30.0 Å². The minimum absolute atomic E-state index is 0.123. The molecule has 0 aliphatic rings. The molecule has 1 amide bonds. The van der Waals surface area contributed by atoms with Gasteiger partial charge in [0, 0.05) is 12.5 Å². The maximum Gasteiger partial charge on any atom is 0.222 e. The van der Waals surface area contributed by atoms with Gasteiger partial charge in [-0.25, -0.2) is 4.98 Å². The molecule has 0 saturated carbocycles. The number of anilines is 1. The first-order valence-corrected chi connectivity index (χ1v) is 7.58. The van der Waals surface area contributed by atoms with E-state index in [1.54, 1.807) is 12.1 Å². The van der Waals surface area contributed by atoms with Gasteiger partial charge >= 0.3 is 0 Å². The zero-order valence-electron chi connectivity index (χ0n) is 10.5. The lowest BCUT2D eigenvalue weighted by molar-refractivity contribution is -0.114. The monoisotopic (exact) mass is 292 g/mol. The predicted molar refractivity (Wildman–Crippen MR) is 78.1 cm³/mol. The molecule has 1 aromatic carbocycles. The summed E-state index contributed by atoms with van der Waals surface area (Å²) in [5, 5.41) is 2.60. The van der Waals surface area contributed by atoms with Crippen LogP contribution in [0.1, 0.15) is 22.2 Å². The molecular formula is C13H12N2O2S2. The molecule has 0 radical (unpaired) electrons. The second-order valence-corrected chi connectivity index (χ2v) is 5.79. The van der Waals surface area contributed by atoms with E-state index < -0.39 is 0 Å². The third-order valence-corrected chi connectivity index (χ3v) is 4.36. The Bertz CT molecular complexity index is 608. The number of ketones is 1. The van der Waals surface area contributed by atoms with E-state index in [1.807, 2.05) is 24.5 Å². The Kier molecular flexibility index (Phi) is 4.34. The summed E-state index contributed by atoms with van der Waals surface area (Å²) in [6.45, 7) is 1.40. The fourth-order valence-electron chi connectivity index (χ4n) is 1.51. The highest BCUT2D eigenvalue weighted by Crippen LogP contribution is 2.31. The second kappa shape index (κ2) is 5.99. The molecule has 1 heterocycles. The Hall–Kier alpha value is -1.66. The molecule has 2 rings (SSSR count). The maximum absolute atomic E-state index is 12.4. The summed E-state index contributed by atoms with van der Waals surface area (Å²) in [5.41, 5.74) is 0.588. The number of carbonyl (C=O) groups excluding carboxylic acids is 2. The van der Waals surface area contributed by atoms with Crippen LogP contribution in [0.5, 0.6) is 0 Å². The number of benzene rings is 1. The molecule has 2 aromatic rings. The number of hydrogen-bond donors (Lipinski definition) is 1. The largest absolute Gasteiger partial charge is 0.310 e. The number of amides is 1. The summed E-state index contributed by atoms with van der Waals surface area (Å²) in [6, 6.07) is 8.96. The molecule has 1 aromatic heterocycles. The summed E-state index contributed by atoms with van der Waals surface area (Å²) >= 11 is 2.74. The van der Waals surface area contributed by atoms with E-state index in [0.29, 0.717) is 16.3 Å². The summed E-state index contributed by atoms with van der Waals surface area (Å²) in [7, 11) is 0. The highest BCUT2D eigenvalue weighted by molar-refractivity contribution is 8.00. The normalized spacial score (nSPS) is 10.2. The standard InChI is InChI=1S/C13H12N2O2S2/c1-8(16)14-12-11(19-13(15-12)18-2)10(17)9-6-4-3-5-7-9/h3-7H,1-2H3,(H,14,16). The number of hydrogen-bond acceptors (Lipinski definition) is 5. The topological polar surface area (TPSA) is 59.1 Å². The lowest BCUT2D eigenvalue weighted by atomic mass is 10.1. The van der Waals surface area contributed by atoms with Crippen molar-refractivity contribution in [3.8, 4) is 0 Å². The molecule has 0 aliphatic heterocycles. The van der Waals surface area contributed by atoms with Gasteiger partial charge in [0.2, 0.25) is 11.7 Å². The minimum Gasteiger partial charge on any atom is -0.310 e. The van der Waals surface area contributed by atoms with Crippen molar-refractivity contribution in [3.05, 3.63) is 40.8 Å². The zero-order valence-corrected chi connectivity index (χ0v) is 12.1. The van der Waals surface area contributed by atoms with E-state index in [4.69, 9.17) is 0 Å². The summed E-state index contributed by atoms with van der Waals surface area (Å²) < 4.78 is 0.753. The fraction of sp³-hybridized carbons (Fsp3) is 0.154. The lowest BCUT2D eigenvalue weighted by Crippen LogP contribution is -2.10. The third-order valence-electron chi connectivity index (χ3n) is 2.32.